The van der Waals surface area contributed by atoms with Gasteiger partial charge in [0, 0.05) is 42.0 Å². The second-order valence-electron chi connectivity index (χ2n) is 9.01. The molecule has 0 unspecified atom stereocenters. The molecule has 32 heavy (non-hydrogen) atoms. The van der Waals surface area contributed by atoms with Crippen molar-refractivity contribution < 1.29 is 5.11 Å². The molecule has 162 valence electrons. The van der Waals surface area contributed by atoms with Crippen molar-refractivity contribution in [1.29, 1.82) is 0 Å². The van der Waals surface area contributed by atoms with Gasteiger partial charge < -0.3 is 10.0 Å². The van der Waals surface area contributed by atoms with Crippen molar-refractivity contribution in [2.24, 2.45) is 0 Å². The van der Waals surface area contributed by atoms with Gasteiger partial charge in [0.2, 0.25) is 0 Å². The lowest BCUT2D eigenvalue weighted by molar-refractivity contribution is 0.0687. The molecule has 5 rings (SSSR count). The summed E-state index contributed by atoms with van der Waals surface area (Å²) in [4.78, 5) is 16.1. The Morgan fingerprint density at radius 2 is 1.88 bits per heavy atom. The Labute approximate surface area is 188 Å². The maximum atomic E-state index is 10.1. The summed E-state index contributed by atoms with van der Waals surface area (Å²) in [5.41, 5.74) is 9.71. The van der Waals surface area contributed by atoms with Crippen LogP contribution in [0.4, 0.5) is 5.82 Å². The molecule has 3 aromatic heterocycles. The van der Waals surface area contributed by atoms with Gasteiger partial charge in [-0.3, -0.25) is 4.40 Å². The fourth-order valence-electron chi connectivity index (χ4n) is 4.28. The van der Waals surface area contributed by atoms with Crippen molar-refractivity contribution in [3.05, 3.63) is 83.0 Å². The monoisotopic (exact) mass is 425 g/mol. The standard InChI is InChI=1S/C26H27N5O/c1-17-7-5-8-18(2)22(13-17)30-12-6-9-21-24(30)31-16-19(10-11-23(31)29-21)20-14-27-25(28-15-20)26(3,4)32/h5,8,10-11,13-16,32H,6,9,12H2,1-4H3. The van der Waals surface area contributed by atoms with Gasteiger partial charge >= 0.3 is 0 Å². The number of aryl methyl sites for hydroxylation is 1. The van der Waals surface area contributed by atoms with E-state index in [0.717, 1.165) is 53.2 Å². The minimum Gasteiger partial charge on any atom is -0.382 e. The number of aromatic nitrogens is 4. The van der Waals surface area contributed by atoms with Gasteiger partial charge in [0.1, 0.15) is 17.1 Å². The third-order valence-electron chi connectivity index (χ3n) is 5.94. The first-order valence-corrected chi connectivity index (χ1v) is 11.0. The minimum absolute atomic E-state index is 0.410. The quantitative estimate of drug-likeness (QED) is 0.615. The maximum Gasteiger partial charge on any atom is 0.159 e. The molecule has 0 aromatic carbocycles. The molecule has 1 aliphatic carbocycles. The van der Waals surface area contributed by atoms with Gasteiger partial charge in [-0.15, -0.1) is 5.73 Å². The second-order valence-corrected chi connectivity index (χ2v) is 9.01. The Balaban J connectivity index is 1.61. The lowest BCUT2D eigenvalue weighted by atomic mass is 10.1. The average Bonchev–Trinajstić information content (AvgIpc) is 3.06. The van der Waals surface area contributed by atoms with Crippen LogP contribution in [-0.4, -0.2) is 31.0 Å². The zero-order valence-corrected chi connectivity index (χ0v) is 18.9. The molecule has 0 saturated heterocycles. The SMILES string of the molecule is CC1=C=CC=C(C)C(N2CCCc3nc4ccc(-c5cnc(C(C)(C)O)nc5)cn4c32)=C1. The third kappa shape index (κ3) is 3.58. The zero-order valence-electron chi connectivity index (χ0n) is 18.9. The van der Waals surface area contributed by atoms with Gasteiger partial charge in [0.05, 0.1) is 5.69 Å². The number of imidazole rings is 1. The molecule has 0 spiro atoms. The minimum atomic E-state index is -1.06. The molecule has 4 heterocycles. The van der Waals surface area contributed by atoms with Gasteiger partial charge in [-0.05, 0) is 82.0 Å². The number of anilines is 1. The van der Waals surface area contributed by atoms with E-state index in [2.05, 4.69) is 57.2 Å². The first-order valence-electron chi connectivity index (χ1n) is 11.0. The number of aliphatic hydroxyl groups is 1. The summed E-state index contributed by atoms with van der Waals surface area (Å²) in [6.07, 6.45) is 14.0. The Kier molecular flexibility index (Phi) is 4.85. The Bertz CT molecular complexity index is 1330. The van der Waals surface area contributed by atoms with E-state index in [-0.39, 0.29) is 0 Å². The maximum absolute atomic E-state index is 10.1. The van der Waals surface area contributed by atoms with Crippen LogP contribution in [0, 0.1) is 0 Å². The summed E-state index contributed by atoms with van der Waals surface area (Å²) in [5.74, 6) is 1.53. The van der Waals surface area contributed by atoms with E-state index in [0.29, 0.717) is 5.82 Å². The summed E-state index contributed by atoms with van der Waals surface area (Å²) in [6.45, 7) is 8.54. The molecular formula is C26H27N5O. The summed E-state index contributed by atoms with van der Waals surface area (Å²) in [5, 5.41) is 10.1. The van der Waals surface area contributed by atoms with Crippen molar-refractivity contribution in [2.75, 3.05) is 11.4 Å². The van der Waals surface area contributed by atoms with E-state index in [9.17, 15) is 5.11 Å². The molecule has 0 bridgehead atoms. The molecule has 0 radical (unpaired) electrons. The van der Waals surface area contributed by atoms with E-state index in [1.54, 1.807) is 26.2 Å². The van der Waals surface area contributed by atoms with Gasteiger partial charge in [0.25, 0.3) is 0 Å². The number of hydrogen-bond donors (Lipinski definition) is 1. The van der Waals surface area contributed by atoms with Crippen LogP contribution in [0.1, 0.15) is 45.6 Å². The highest BCUT2D eigenvalue weighted by molar-refractivity contribution is 5.69. The fraction of sp³-hybridized carbons (Fsp3) is 0.308. The molecule has 0 atom stereocenters. The Morgan fingerprint density at radius 1 is 1.09 bits per heavy atom. The summed E-state index contributed by atoms with van der Waals surface area (Å²) < 4.78 is 2.18. The number of allylic oxidation sites excluding steroid dienone is 4. The second kappa shape index (κ2) is 7.59. The van der Waals surface area contributed by atoms with Crippen molar-refractivity contribution in [3.63, 3.8) is 0 Å². The molecule has 0 fully saturated rings. The van der Waals surface area contributed by atoms with Gasteiger partial charge in [-0.2, -0.15) is 0 Å². The van der Waals surface area contributed by atoms with Crippen LogP contribution in [-0.2, 0) is 12.0 Å². The lowest BCUT2D eigenvalue weighted by Crippen LogP contribution is -2.30. The van der Waals surface area contributed by atoms with Crippen LogP contribution < -0.4 is 4.90 Å². The Morgan fingerprint density at radius 3 is 2.62 bits per heavy atom. The van der Waals surface area contributed by atoms with Crippen LogP contribution in [0.15, 0.2) is 71.5 Å². The molecule has 1 aliphatic heterocycles. The average molecular weight is 426 g/mol. The first kappa shape index (κ1) is 20.4. The highest BCUT2D eigenvalue weighted by atomic mass is 16.3. The van der Waals surface area contributed by atoms with Crippen molar-refractivity contribution >= 4 is 11.5 Å². The molecule has 3 aromatic rings. The van der Waals surface area contributed by atoms with Crippen LogP contribution in [0.3, 0.4) is 0 Å². The number of pyridine rings is 1. The van der Waals surface area contributed by atoms with Crippen LogP contribution in [0.5, 0.6) is 0 Å². The topological polar surface area (TPSA) is 66.5 Å². The third-order valence-corrected chi connectivity index (χ3v) is 5.94. The molecule has 0 saturated carbocycles. The van der Waals surface area contributed by atoms with Gasteiger partial charge in [-0.25, -0.2) is 15.0 Å². The van der Waals surface area contributed by atoms with Crippen molar-refractivity contribution in [2.45, 2.75) is 46.1 Å². The van der Waals surface area contributed by atoms with Crippen LogP contribution in [0.25, 0.3) is 16.8 Å². The molecular weight excluding hydrogens is 398 g/mol. The number of fused-ring (bicyclic) bond motifs is 3. The predicted octanol–water partition coefficient (Wildman–Crippen LogP) is 4.72. The number of nitrogens with zero attached hydrogens (tertiary/aromatic N) is 5. The highest BCUT2D eigenvalue weighted by Gasteiger charge is 2.26. The van der Waals surface area contributed by atoms with Gasteiger partial charge in [-0.1, -0.05) is 0 Å². The van der Waals surface area contributed by atoms with E-state index in [1.165, 1.54) is 11.3 Å². The molecule has 0 amide bonds. The van der Waals surface area contributed by atoms with E-state index in [1.807, 2.05) is 18.2 Å². The molecule has 2 aliphatic rings. The summed E-state index contributed by atoms with van der Waals surface area (Å²) >= 11 is 0. The highest BCUT2D eigenvalue weighted by Crippen LogP contribution is 2.35. The van der Waals surface area contributed by atoms with Crippen LogP contribution >= 0.6 is 0 Å². The molecule has 1 N–H and O–H groups in total. The first-order chi connectivity index (χ1) is 15.3. The van der Waals surface area contributed by atoms with Crippen molar-refractivity contribution in [3.8, 4) is 11.1 Å². The van der Waals surface area contributed by atoms with Crippen molar-refractivity contribution in [1.82, 2.24) is 19.4 Å². The largest absolute Gasteiger partial charge is 0.382 e. The number of rotatable bonds is 3. The predicted molar refractivity (Wildman–Crippen MR) is 126 cm³/mol. The molecule has 6 nitrogen and oxygen atoms in total. The normalized spacial score (nSPS) is 16.4. The fourth-order valence-corrected chi connectivity index (χ4v) is 4.28. The van der Waals surface area contributed by atoms with E-state index in [4.69, 9.17) is 4.98 Å². The molecule has 6 heteroatoms. The van der Waals surface area contributed by atoms with E-state index < -0.39 is 5.60 Å². The summed E-state index contributed by atoms with van der Waals surface area (Å²) in [7, 11) is 0. The lowest BCUT2D eigenvalue weighted by Gasteiger charge is -2.31. The Hall–Kier alpha value is -3.47. The van der Waals surface area contributed by atoms with Crippen LogP contribution in [0.2, 0.25) is 0 Å². The van der Waals surface area contributed by atoms with E-state index >= 15 is 0 Å². The van der Waals surface area contributed by atoms with Gasteiger partial charge in [0.15, 0.2) is 5.82 Å². The number of hydrogen-bond acceptors (Lipinski definition) is 5. The zero-order chi connectivity index (χ0) is 22.5. The summed E-state index contributed by atoms with van der Waals surface area (Å²) in [6, 6.07) is 4.10. The smallest absolute Gasteiger partial charge is 0.159 e.